The molecule has 0 aliphatic heterocycles. The van der Waals surface area contributed by atoms with Crippen molar-refractivity contribution < 1.29 is 17.9 Å². The first-order chi connectivity index (χ1) is 15.9. The molecule has 0 saturated carbocycles. The van der Waals surface area contributed by atoms with Gasteiger partial charge in [-0.3, -0.25) is 0 Å². The fourth-order valence-corrected chi connectivity index (χ4v) is 3.84. The molecule has 0 saturated heterocycles. The van der Waals surface area contributed by atoms with E-state index in [1.807, 2.05) is 36.5 Å². The van der Waals surface area contributed by atoms with Crippen LogP contribution in [0.1, 0.15) is 11.4 Å². The molecule has 0 amide bonds. The highest BCUT2D eigenvalue weighted by Gasteiger charge is 2.35. The zero-order chi connectivity index (χ0) is 23.0. The highest BCUT2D eigenvalue weighted by molar-refractivity contribution is 6.32. The molecule has 1 N–H and O–H groups in total. The van der Waals surface area contributed by atoms with Crippen LogP contribution in [0.5, 0.6) is 5.75 Å². The minimum absolute atomic E-state index is 0.108. The van der Waals surface area contributed by atoms with E-state index >= 15 is 0 Å². The summed E-state index contributed by atoms with van der Waals surface area (Å²) >= 11 is 6.19. The molecule has 0 aliphatic rings. The summed E-state index contributed by atoms with van der Waals surface area (Å²) in [7, 11) is 0. The van der Waals surface area contributed by atoms with Gasteiger partial charge in [0.05, 0.1) is 16.4 Å². The molecule has 33 heavy (non-hydrogen) atoms. The van der Waals surface area contributed by atoms with Crippen LogP contribution in [0.4, 0.5) is 13.2 Å². The molecule has 4 nitrogen and oxygen atoms in total. The van der Waals surface area contributed by atoms with Crippen LogP contribution in [0.25, 0.3) is 27.7 Å². The first kappa shape index (κ1) is 21.2. The van der Waals surface area contributed by atoms with Crippen molar-refractivity contribution >= 4 is 22.5 Å². The van der Waals surface area contributed by atoms with E-state index in [1.165, 1.54) is 4.68 Å². The molecule has 8 heteroatoms. The van der Waals surface area contributed by atoms with Gasteiger partial charge in [0.15, 0.2) is 5.69 Å². The topological polar surface area (TPSA) is 42.8 Å². The van der Waals surface area contributed by atoms with Gasteiger partial charge in [-0.25, -0.2) is 4.68 Å². The second-order valence-electron chi connectivity index (χ2n) is 7.47. The third-order valence-corrected chi connectivity index (χ3v) is 5.60. The van der Waals surface area contributed by atoms with Gasteiger partial charge in [-0.2, -0.15) is 18.3 Å². The van der Waals surface area contributed by atoms with E-state index in [0.717, 1.165) is 28.1 Å². The van der Waals surface area contributed by atoms with Crippen molar-refractivity contribution in [3.05, 3.63) is 101 Å². The van der Waals surface area contributed by atoms with Crippen molar-refractivity contribution in [2.45, 2.75) is 12.8 Å². The van der Waals surface area contributed by atoms with E-state index in [2.05, 4.69) is 16.1 Å². The van der Waals surface area contributed by atoms with E-state index in [4.69, 9.17) is 16.3 Å². The lowest BCUT2D eigenvalue weighted by Crippen LogP contribution is -2.08. The minimum Gasteiger partial charge on any atom is -0.487 e. The van der Waals surface area contributed by atoms with Gasteiger partial charge >= 0.3 is 6.18 Å². The quantitative estimate of drug-likeness (QED) is 0.295. The predicted octanol–water partition coefficient (Wildman–Crippen LogP) is 7.27. The SMILES string of the molecule is FC(F)(F)c1cc(COc2ccc(-c3ccc4[nH]ccc4c3)cc2)n(-c2ccccc2Cl)n1. The Kier molecular flexibility index (Phi) is 5.34. The Morgan fingerprint density at radius 1 is 0.909 bits per heavy atom. The number of benzene rings is 3. The third-order valence-electron chi connectivity index (χ3n) is 5.28. The maximum atomic E-state index is 13.3. The van der Waals surface area contributed by atoms with Gasteiger partial charge in [-0.1, -0.05) is 41.9 Å². The van der Waals surface area contributed by atoms with Crippen LogP contribution in [0.15, 0.2) is 85.1 Å². The van der Waals surface area contributed by atoms with Gasteiger partial charge in [0.25, 0.3) is 0 Å². The monoisotopic (exact) mass is 467 g/mol. The summed E-state index contributed by atoms with van der Waals surface area (Å²) < 4.78 is 46.8. The molecular formula is C25H17ClF3N3O. The van der Waals surface area contributed by atoms with Crippen LogP contribution < -0.4 is 4.74 Å². The molecule has 5 rings (SSSR count). The van der Waals surface area contributed by atoms with Gasteiger partial charge in [0, 0.05) is 11.7 Å². The fourth-order valence-electron chi connectivity index (χ4n) is 3.63. The van der Waals surface area contributed by atoms with Gasteiger partial charge in [0.2, 0.25) is 0 Å². The smallest absolute Gasteiger partial charge is 0.435 e. The number of nitrogens with zero attached hydrogens (tertiary/aromatic N) is 2. The molecule has 0 bridgehead atoms. The summed E-state index contributed by atoms with van der Waals surface area (Å²) in [5.41, 5.74) is 2.70. The molecular weight excluding hydrogens is 451 g/mol. The lowest BCUT2D eigenvalue weighted by molar-refractivity contribution is -0.141. The number of aromatic nitrogens is 3. The van der Waals surface area contributed by atoms with Gasteiger partial charge in [-0.15, -0.1) is 0 Å². The second kappa shape index (κ2) is 8.33. The van der Waals surface area contributed by atoms with E-state index in [9.17, 15) is 13.2 Å². The molecule has 2 heterocycles. The maximum absolute atomic E-state index is 13.3. The van der Waals surface area contributed by atoms with E-state index < -0.39 is 11.9 Å². The van der Waals surface area contributed by atoms with Crippen LogP contribution in [-0.4, -0.2) is 14.8 Å². The normalized spacial score (nSPS) is 11.8. The van der Waals surface area contributed by atoms with Crippen LogP contribution in [-0.2, 0) is 12.8 Å². The zero-order valence-corrected chi connectivity index (χ0v) is 17.9. The van der Waals surface area contributed by atoms with E-state index in [0.29, 0.717) is 16.5 Å². The standard InChI is InChI=1S/C25H17ClF3N3O/c26-21-3-1-2-4-23(21)32-19(14-24(31-32)25(27,28)29)15-33-20-8-5-16(6-9-20)17-7-10-22-18(13-17)11-12-30-22/h1-14,30H,15H2. The highest BCUT2D eigenvalue weighted by Crippen LogP contribution is 2.32. The molecule has 2 aromatic heterocycles. The molecule has 0 fully saturated rings. The van der Waals surface area contributed by atoms with Crippen LogP contribution >= 0.6 is 11.6 Å². The maximum Gasteiger partial charge on any atom is 0.435 e. The second-order valence-corrected chi connectivity index (χ2v) is 7.88. The molecule has 0 aliphatic carbocycles. The molecule has 0 radical (unpaired) electrons. The number of fused-ring (bicyclic) bond motifs is 1. The lowest BCUT2D eigenvalue weighted by Gasteiger charge is -2.11. The summed E-state index contributed by atoms with van der Waals surface area (Å²) in [6.45, 7) is -0.108. The average molecular weight is 468 g/mol. The van der Waals surface area contributed by atoms with E-state index in [-0.39, 0.29) is 12.3 Å². The number of alkyl halides is 3. The fraction of sp³-hybridized carbons (Fsp3) is 0.0800. The van der Waals surface area contributed by atoms with Crippen LogP contribution in [0.2, 0.25) is 5.02 Å². The summed E-state index contributed by atoms with van der Waals surface area (Å²) in [5.74, 6) is 0.530. The lowest BCUT2D eigenvalue weighted by atomic mass is 10.0. The van der Waals surface area contributed by atoms with Crippen molar-refractivity contribution in [3.8, 4) is 22.6 Å². The molecule has 166 valence electrons. The Morgan fingerprint density at radius 3 is 2.42 bits per heavy atom. The number of H-pyrrole nitrogens is 1. The highest BCUT2D eigenvalue weighted by atomic mass is 35.5. The first-order valence-corrected chi connectivity index (χ1v) is 10.5. The Hall–Kier alpha value is -3.71. The Bertz CT molecular complexity index is 1420. The molecule has 0 unspecified atom stereocenters. The molecule has 3 aromatic carbocycles. The largest absolute Gasteiger partial charge is 0.487 e. The summed E-state index contributed by atoms with van der Waals surface area (Å²) in [5, 5.41) is 5.13. The van der Waals surface area contributed by atoms with Gasteiger partial charge in [0.1, 0.15) is 12.4 Å². The van der Waals surface area contributed by atoms with Crippen LogP contribution in [0.3, 0.4) is 0 Å². The first-order valence-electron chi connectivity index (χ1n) is 10.1. The van der Waals surface area contributed by atoms with Crippen LogP contribution in [0, 0.1) is 0 Å². The average Bonchev–Trinajstić information content (AvgIpc) is 3.45. The van der Waals surface area contributed by atoms with Gasteiger partial charge in [-0.05, 0) is 65.0 Å². The number of aromatic amines is 1. The Morgan fingerprint density at radius 2 is 1.67 bits per heavy atom. The molecule has 0 spiro atoms. The third kappa shape index (κ3) is 4.32. The van der Waals surface area contributed by atoms with Crippen molar-refractivity contribution in [1.29, 1.82) is 0 Å². The minimum atomic E-state index is -4.58. The number of hydrogen-bond donors (Lipinski definition) is 1. The Balaban J connectivity index is 1.38. The summed E-state index contributed by atoms with van der Waals surface area (Å²) in [6, 6.07) is 23.1. The number of hydrogen-bond acceptors (Lipinski definition) is 2. The molecule has 0 atom stereocenters. The Labute approximate surface area is 192 Å². The zero-order valence-electron chi connectivity index (χ0n) is 17.1. The van der Waals surface area contributed by atoms with Crippen molar-refractivity contribution in [2.24, 2.45) is 0 Å². The van der Waals surface area contributed by atoms with Crippen molar-refractivity contribution in [2.75, 3.05) is 0 Å². The summed E-state index contributed by atoms with van der Waals surface area (Å²) in [4.78, 5) is 3.16. The number of para-hydroxylation sites is 1. The number of ether oxygens (including phenoxy) is 1. The van der Waals surface area contributed by atoms with Crippen molar-refractivity contribution in [3.63, 3.8) is 0 Å². The van der Waals surface area contributed by atoms with Crippen molar-refractivity contribution in [1.82, 2.24) is 14.8 Å². The number of nitrogens with one attached hydrogen (secondary N) is 1. The van der Waals surface area contributed by atoms with E-state index in [1.54, 1.807) is 36.4 Å². The van der Waals surface area contributed by atoms with Gasteiger partial charge < -0.3 is 9.72 Å². The molecule has 5 aromatic rings. The number of rotatable bonds is 5. The summed E-state index contributed by atoms with van der Waals surface area (Å²) in [6.07, 6.45) is -2.69. The predicted molar refractivity (Wildman–Crippen MR) is 122 cm³/mol. The number of halogens is 4.